The lowest BCUT2D eigenvalue weighted by Gasteiger charge is -2.36. The molecule has 0 saturated carbocycles. The summed E-state index contributed by atoms with van der Waals surface area (Å²) in [7, 11) is 0. The van der Waals surface area contributed by atoms with Gasteiger partial charge in [0.2, 0.25) is 0 Å². The molecule has 0 amide bonds. The average molecular weight is 410 g/mol. The molecule has 1 aromatic rings. The van der Waals surface area contributed by atoms with Crippen molar-refractivity contribution in [2.45, 2.75) is 6.23 Å². The Morgan fingerprint density at radius 2 is 1.60 bits per heavy atom. The molecule has 6 nitrogen and oxygen atoms in total. The quantitative estimate of drug-likeness (QED) is 0.758. The number of hydrogen-bond donors (Lipinski definition) is 0. The van der Waals surface area contributed by atoms with Gasteiger partial charge < -0.3 is 14.3 Å². The van der Waals surface area contributed by atoms with E-state index >= 15 is 0 Å². The molecule has 4 rings (SSSR count). The van der Waals surface area contributed by atoms with Gasteiger partial charge in [0.05, 0.1) is 38.1 Å². The Kier molecular flexibility index (Phi) is 5.67. The summed E-state index contributed by atoms with van der Waals surface area (Å²) in [4.78, 5) is 10.8. The number of ether oxygens (including phenoxy) is 2. The van der Waals surface area contributed by atoms with Crippen LogP contribution in [0.4, 0.5) is 0 Å². The number of nitrogens with zero attached hydrogens (tertiary/aromatic N) is 3. The zero-order valence-electron chi connectivity index (χ0n) is 14.3. The van der Waals surface area contributed by atoms with E-state index in [1.165, 1.54) is 0 Å². The van der Waals surface area contributed by atoms with Crippen molar-refractivity contribution in [2.75, 3.05) is 59.2 Å². The van der Waals surface area contributed by atoms with Crippen LogP contribution in [0.3, 0.4) is 0 Å². The van der Waals surface area contributed by atoms with E-state index in [4.69, 9.17) is 14.3 Å². The summed E-state index contributed by atoms with van der Waals surface area (Å²) in [5.41, 5.74) is 2.19. The van der Waals surface area contributed by atoms with E-state index in [-0.39, 0.29) is 12.1 Å². The first kappa shape index (κ1) is 17.4. The molecule has 0 unspecified atom stereocenters. The molecule has 25 heavy (non-hydrogen) atoms. The van der Waals surface area contributed by atoms with Crippen molar-refractivity contribution in [3.63, 3.8) is 0 Å². The van der Waals surface area contributed by atoms with Crippen LogP contribution in [-0.2, 0) is 14.3 Å². The molecular formula is C18H24BrN3O3. The van der Waals surface area contributed by atoms with E-state index in [9.17, 15) is 0 Å². The standard InChI is InChI=1S/C18H24BrN3O3/c19-15-3-1-14(2-4-15)17-16(13-21-5-9-23-10-6-21)18(25-20-17)22-7-11-24-12-8-22/h1-4,16,18H,5-13H2/t16-,18-/m0/s1. The Hall–Kier alpha value is -0.990. The maximum Gasteiger partial charge on any atom is 0.191 e. The van der Waals surface area contributed by atoms with Gasteiger partial charge in [0.15, 0.2) is 6.23 Å². The molecule has 2 atom stereocenters. The van der Waals surface area contributed by atoms with Crippen molar-refractivity contribution in [1.29, 1.82) is 0 Å². The molecule has 0 aliphatic carbocycles. The first-order valence-corrected chi connectivity index (χ1v) is 9.72. The van der Waals surface area contributed by atoms with Crippen LogP contribution in [0.15, 0.2) is 33.9 Å². The molecule has 2 fully saturated rings. The third-order valence-electron chi connectivity index (χ3n) is 5.06. The van der Waals surface area contributed by atoms with Gasteiger partial charge in [-0.15, -0.1) is 0 Å². The number of benzene rings is 1. The van der Waals surface area contributed by atoms with E-state index in [0.717, 1.165) is 74.9 Å². The summed E-state index contributed by atoms with van der Waals surface area (Å²) in [6.07, 6.45) is -0.00890. The normalized spacial score (nSPS) is 28.6. The molecule has 0 bridgehead atoms. The van der Waals surface area contributed by atoms with E-state index in [0.29, 0.717) is 0 Å². The predicted octanol–water partition coefficient (Wildman–Crippen LogP) is 1.79. The number of oxime groups is 1. The molecule has 3 aliphatic rings. The first-order chi connectivity index (χ1) is 12.3. The second kappa shape index (κ2) is 8.14. The van der Waals surface area contributed by atoms with Crippen molar-refractivity contribution in [3.05, 3.63) is 34.3 Å². The SMILES string of the molecule is Brc1ccc(C2=NO[C@H](N3CCOCC3)[C@H]2CN2CCOCC2)cc1. The third kappa shape index (κ3) is 4.06. The van der Waals surface area contributed by atoms with Gasteiger partial charge in [-0.1, -0.05) is 33.2 Å². The zero-order chi connectivity index (χ0) is 17.1. The van der Waals surface area contributed by atoms with Gasteiger partial charge in [0, 0.05) is 37.2 Å². The van der Waals surface area contributed by atoms with Gasteiger partial charge in [-0.3, -0.25) is 9.80 Å². The van der Waals surface area contributed by atoms with Crippen molar-refractivity contribution in [1.82, 2.24) is 9.80 Å². The minimum Gasteiger partial charge on any atom is -0.379 e. The second-order valence-corrected chi connectivity index (χ2v) is 7.56. The highest BCUT2D eigenvalue weighted by Gasteiger charge is 2.40. The average Bonchev–Trinajstić information content (AvgIpc) is 3.07. The van der Waals surface area contributed by atoms with Crippen LogP contribution in [0.25, 0.3) is 0 Å². The molecule has 2 saturated heterocycles. The highest BCUT2D eigenvalue weighted by atomic mass is 79.9. The Balaban J connectivity index is 1.54. The van der Waals surface area contributed by atoms with Crippen LogP contribution in [0.1, 0.15) is 5.56 Å². The van der Waals surface area contributed by atoms with E-state index in [2.05, 4.69) is 55.2 Å². The van der Waals surface area contributed by atoms with Crippen LogP contribution < -0.4 is 0 Å². The Labute approximate surface area is 156 Å². The van der Waals surface area contributed by atoms with E-state index < -0.39 is 0 Å². The summed E-state index contributed by atoms with van der Waals surface area (Å²) in [6.45, 7) is 7.82. The fraction of sp³-hybridized carbons (Fsp3) is 0.611. The van der Waals surface area contributed by atoms with Gasteiger partial charge in [-0.05, 0) is 17.7 Å². The number of rotatable bonds is 4. The van der Waals surface area contributed by atoms with Crippen LogP contribution >= 0.6 is 15.9 Å². The monoisotopic (exact) mass is 409 g/mol. The smallest absolute Gasteiger partial charge is 0.191 e. The third-order valence-corrected chi connectivity index (χ3v) is 5.59. The minimum atomic E-state index is -0.00890. The second-order valence-electron chi connectivity index (χ2n) is 6.65. The van der Waals surface area contributed by atoms with Crippen LogP contribution in [0.2, 0.25) is 0 Å². The van der Waals surface area contributed by atoms with E-state index in [1.54, 1.807) is 0 Å². The fourth-order valence-electron chi connectivity index (χ4n) is 3.67. The predicted molar refractivity (Wildman–Crippen MR) is 98.7 cm³/mol. The lowest BCUT2D eigenvalue weighted by Crippen LogP contribution is -2.51. The largest absolute Gasteiger partial charge is 0.379 e. The van der Waals surface area contributed by atoms with Crippen LogP contribution in [-0.4, -0.2) is 80.9 Å². The Morgan fingerprint density at radius 1 is 0.960 bits per heavy atom. The number of morpholine rings is 2. The summed E-state index contributed by atoms with van der Waals surface area (Å²) in [5, 5.41) is 4.50. The first-order valence-electron chi connectivity index (χ1n) is 8.93. The molecule has 136 valence electrons. The summed E-state index contributed by atoms with van der Waals surface area (Å²) in [6, 6.07) is 8.35. The van der Waals surface area contributed by atoms with Gasteiger partial charge in [-0.2, -0.15) is 0 Å². The summed E-state index contributed by atoms with van der Waals surface area (Å²) in [5.74, 6) is 0.234. The molecule has 3 aliphatic heterocycles. The topological polar surface area (TPSA) is 46.5 Å². The van der Waals surface area contributed by atoms with Crippen molar-refractivity contribution in [3.8, 4) is 0 Å². The lowest BCUT2D eigenvalue weighted by atomic mass is 9.94. The zero-order valence-corrected chi connectivity index (χ0v) is 15.9. The van der Waals surface area contributed by atoms with Gasteiger partial charge in [-0.25, -0.2) is 0 Å². The van der Waals surface area contributed by atoms with Gasteiger partial charge in [0.25, 0.3) is 0 Å². The lowest BCUT2D eigenvalue weighted by molar-refractivity contribution is -0.102. The molecule has 1 aromatic carbocycles. The van der Waals surface area contributed by atoms with Crippen molar-refractivity contribution < 1.29 is 14.3 Å². The van der Waals surface area contributed by atoms with Crippen LogP contribution in [0, 0.1) is 5.92 Å². The highest BCUT2D eigenvalue weighted by Crippen LogP contribution is 2.28. The number of halogens is 1. The molecule has 0 aromatic heterocycles. The maximum atomic E-state index is 5.93. The van der Waals surface area contributed by atoms with Crippen molar-refractivity contribution in [2.24, 2.45) is 11.1 Å². The summed E-state index contributed by atoms with van der Waals surface area (Å²) < 4.78 is 12.1. The highest BCUT2D eigenvalue weighted by molar-refractivity contribution is 9.10. The molecular weight excluding hydrogens is 386 g/mol. The molecule has 0 radical (unpaired) electrons. The molecule has 3 heterocycles. The van der Waals surface area contributed by atoms with Gasteiger partial charge >= 0.3 is 0 Å². The molecule has 0 spiro atoms. The Bertz CT molecular complexity index is 598. The Morgan fingerprint density at radius 3 is 2.28 bits per heavy atom. The molecule has 0 N–H and O–H groups in total. The van der Waals surface area contributed by atoms with E-state index in [1.807, 2.05) is 0 Å². The molecule has 7 heteroatoms. The maximum absolute atomic E-state index is 5.93. The number of hydrogen-bond acceptors (Lipinski definition) is 6. The van der Waals surface area contributed by atoms with Gasteiger partial charge in [0.1, 0.15) is 0 Å². The summed E-state index contributed by atoms with van der Waals surface area (Å²) >= 11 is 3.51. The minimum absolute atomic E-state index is 0.00890. The fourth-order valence-corrected chi connectivity index (χ4v) is 3.93. The van der Waals surface area contributed by atoms with Crippen molar-refractivity contribution >= 4 is 21.6 Å². The van der Waals surface area contributed by atoms with Crippen LogP contribution in [0.5, 0.6) is 0 Å².